The molecule has 2 aromatic carbocycles. The summed E-state index contributed by atoms with van der Waals surface area (Å²) in [5.41, 5.74) is 9.13. The summed E-state index contributed by atoms with van der Waals surface area (Å²) in [6, 6.07) is 12.1. The van der Waals surface area contributed by atoms with Gasteiger partial charge < -0.3 is 15.8 Å². The van der Waals surface area contributed by atoms with Crippen molar-refractivity contribution in [2.45, 2.75) is 18.4 Å². The normalized spacial score (nSPS) is 13.4. The lowest BCUT2D eigenvalue weighted by atomic mass is 9.98. The number of carbonyl (C=O) groups is 3. The fourth-order valence-corrected chi connectivity index (χ4v) is 3.17. The number of ether oxygens (including phenoxy) is 1. The van der Waals surface area contributed by atoms with Crippen molar-refractivity contribution in [3.8, 4) is 11.1 Å². The molecule has 2 aromatic rings. The largest absolute Gasteiger partial charge is 0.449 e. The third kappa shape index (κ3) is 3.56. The Morgan fingerprint density at radius 2 is 1.58 bits per heavy atom. The van der Waals surface area contributed by atoms with Crippen molar-refractivity contribution in [3.63, 3.8) is 0 Å². The van der Waals surface area contributed by atoms with E-state index >= 15 is 0 Å². The molecule has 0 bridgehead atoms. The number of nitrogens with one attached hydrogen (secondary N) is 1. The van der Waals surface area contributed by atoms with E-state index in [-0.39, 0.29) is 12.5 Å². The van der Waals surface area contributed by atoms with E-state index in [1.165, 1.54) is 0 Å². The second-order valence-electron chi connectivity index (χ2n) is 6.00. The molecule has 0 heterocycles. The van der Waals surface area contributed by atoms with Crippen LogP contribution in [0, 0.1) is 0 Å². The van der Waals surface area contributed by atoms with Gasteiger partial charge in [0, 0.05) is 5.92 Å². The highest BCUT2D eigenvalue weighted by Gasteiger charge is 2.30. The second kappa shape index (κ2) is 7.35. The van der Waals surface area contributed by atoms with Gasteiger partial charge in [0.1, 0.15) is 12.6 Å². The average Bonchev–Trinajstić information content (AvgIpc) is 2.93. The zero-order chi connectivity index (χ0) is 18.7. The van der Waals surface area contributed by atoms with Gasteiger partial charge in [-0.3, -0.25) is 9.59 Å². The molecular formula is C19H17FN2O4. The Morgan fingerprint density at radius 3 is 2.08 bits per heavy atom. The minimum absolute atomic E-state index is 0.0175. The van der Waals surface area contributed by atoms with Gasteiger partial charge in [0.25, 0.3) is 0 Å². The first-order valence-electron chi connectivity index (χ1n) is 8.06. The van der Waals surface area contributed by atoms with Gasteiger partial charge in [0.2, 0.25) is 5.91 Å². The monoisotopic (exact) mass is 356 g/mol. The van der Waals surface area contributed by atoms with Gasteiger partial charge >= 0.3 is 12.1 Å². The number of amides is 2. The highest BCUT2D eigenvalue weighted by molar-refractivity contribution is 5.87. The Kier molecular flexibility index (Phi) is 4.97. The van der Waals surface area contributed by atoms with Crippen LogP contribution in [-0.4, -0.2) is 30.7 Å². The number of halogens is 1. The smallest absolute Gasteiger partial charge is 0.407 e. The molecule has 0 unspecified atom stereocenters. The maximum atomic E-state index is 12.9. The summed E-state index contributed by atoms with van der Waals surface area (Å²) in [4.78, 5) is 33.6. The van der Waals surface area contributed by atoms with Crippen LogP contribution in [0.15, 0.2) is 48.5 Å². The van der Waals surface area contributed by atoms with Crippen molar-refractivity contribution in [2.24, 2.45) is 5.73 Å². The lowest BCUT2D eigenvalue weighted by molar-refractivity contribution is -0.133. The molecule has 1 aliphatic rings. The van der Waals surface area contributed by atoms with Gasteiger partial charge in [0.15, 0.2) is 0 Å². The molecule has 0 saturated heterocycles. The fourth-order valence-electron chi connectivity index (χ4n) is 3.17. The molecule has 3 N–H and O–H groups in total. The highest BCUT2D eigenvalue weighted by Crippen LogP contribution is 2.44. The quantitative estimate of drug-likeness (QED) is 0.776. The Bertz CT molecular complexity index is 823. The van der Waals surface area contributed by atoms with E-state index in [2.05, 4.69) is 0 Å². The zero-order valence-corrected chi connectivity index (χ0v) is 13.8. The standard InChI is InChI=1S/C19H17FN2O4/c20-18(24)16(9-17(21)23)22-19(25)26-10-15-13-7-3-1-5-11(13)12-6-2-4-8-14(12)15/h1-8,15-16H,9-10H2,(H2,21,23)(H,22,25)/t16-/m0/s1. The van der Waals surface area contributed by atoms with Crippen molar-refractivity contribution < 1.29 is 23.5 Å². The molecule has 0 fully saturated rings. The molecule has 0 radical (unpaired) electrons. The third-order valence-corrected chi connectivity index (χ3v) is 4.32. The number of primary amides is 1. The van der Waals surface area contributed by atoms with Crippen LogP contribution < -0.4 is 11.1 Å². The molecule has 1 atom stereocenters. The minimum atomic E-state index is -1.85. The molecule has 1 aliphatic carbocycles. The molecule has 2 amide bonds. The number of benzene rings is 2. The highest BCUT2D eigenvalue weighted by atomic mass is 19.1. The van der Waals surface area contributed by atoms with Crippen LogP contribution in [0.1, 0.15) is 23.5 Å². The molecular weight excluding hydrogens is 339 g/mol. The van der Waals surface area contributed by atoms with Crippen LogP contribution in [-0.2, 0) is 14.3 Å². The molecule has 7 heteroatoms. The summed E-state index contributed by atoms with van der Waals surface area (Å²) >= 11 is 0. The van der Waals surface area contributed by atoms with E-state index in [4.69, 9.17) is 10.5 Å². The molecule has 26 heavy (non-hydrogen) atoms. The lowest BCUT2D eigenvalue weighted by Crippen LogP contribution is -2.42. The first kappa shape index (κ1) is 17.6. The van der Waals surface area contributed by atoms with Gasteiger partial charge in [-0.25, -0.2) is 4.79 Å². The van der Waals surface area contributed by atoms with Crippen LogP contribution in [0.2, 0.25) is 0 Å². The van der Waals surface area contributed by atoms with Gasteiger partial charge in [-0.15, -0.1) is 0 Å². The summed E-state index contributed by atoms with van der Waals surface area (Å²) < 4.78 is 18.1. The molecule has 0 aromatic heterocycles. The Hall–Kier alpha value is -3.22. The second-order valence-corrected chi connectivity index (χ2v) is 6.00. The van der Waals surface area contributed by atoms with Gasteiger partial charge in [-0.2, -0.15) is 4.39 Å². The maximum Gasteiger partial charge on any atom is 0.407 e. The number of fused-ring (bicyclic) bond motifs is 3. The third-order valence-electron chi connectivity index (χ3n) is 4.32. The molecule has 0 aliphatic heterocycles. The SMILES string of the molecule is NC(=O)C[C@H](NC(=O)OCC1c2ccccc2-c2ccccc21)C(=O)F. The topological polar surface area (TPSA) is 98.5 Å². The van der Waals surface area contributed by atoms with Crippen LogP contribution in [0.5, 0.6) is 0 Å². The molecule has 134 valence electrons. The van der Waals surface area contributed by atoms with Crippen molar-refractivity contribution >= 4 is 18.0 Å². The number of hydrogen-bond donors (Lipinski definition) is 2. The van der Waals surface area contributed by atoms with E-state index < -0.39 is 30.5 Å². The van der Waals surface area contributed by atoms with Crippen LogP contribution in [0.4, 0.5) is 9.18 Å². The summed E-state index contributed by atoms with van der Waals surface area (Å²) in [6.45, 7) is 0.0175. The number of hydrogen-bond acceptors (Lipinski definition) is 4. The van der Waals surface area contributed by atoms with Crippen LogP contribution in [0.25, 0.3) is 11.1 Å². The summed E-state index contributed by atoms with van der Waals surface area (Å²) in [5.74, 6) is -1.07. The average molecular weight is 356 g/mol. The predicted molar refractivity (Wildman–Crippen MR) is 91.9 cm³/mol. The lowest BCUT2D eigenvalue weighted by Gasteiger charge is -2.16. The predicted octanol–water partition coefficient (Wildman–Crippen LogP) is 2.27. The van der Waals surface area contributed by atoms with Crippen LogP contribution in [0.3, 0.4) is 0 Å². The Morgan fingerprint density at radius 1 is 1.04 bits per heavy atom. The van der Waals surface area contributed by atoms with E-state index in [0.717, 1.165) is 22.3 Å². The molecule has 6 nitrogen and oxygen atoms in total. The van der Waals surface area contributed by atoms with Crippen LogP contribution >= 0.6 is 0 Å². The van der Waals surface area contributed by atoms with E-state index in [9.17, 15) is 18.8 Å². The Balaban J connectivity index is 1.71. The van der Waals surface area contributed by atoms with Gasteiger partial charge in [0.05, 0.1) is 6.42 Å². The number of alkyl carbamates (subject to hydrolysis) is 1. The zero-order valence-electron chi connectivity index (χ0n) is 13.8. The molecule has 3 rings (SSSR count). The first-order chi connectivity index (χ1) is 12.5. The van der Waals surface area contributed by atoms with E-state index in [1.54, 1.807) is 0 Å². The number of nitrogens with two attached hydrogens (primary N) is 1. The summed E-state index contributed by atoms with van der Waals surface area (Å²) in [5, 5.41) is 2.03. The minimum Gasteiger partial charge on any atom is -0.449 e. The fraction of sp³-hybridized carbons (Fsp3) is 0.211. The van der Waals surface area contributed by atoms with Gasteiger partial charge in [-0.05, 0) is 22.3 Å². The van der Waals surface area contributed by atoms with Gasteiger partial charge in [-0.1, -0.05) is 48.5 Å². The first-order valence-corrected chi connectivity index (χ1v) is 8.06. The van der Waals surface area contributed by atoms with Crippen molar-refractivity contribution in [2.75, 3.05) is 6.61 Å². The van der Waals surface area contributed by atoms with Crippen molar-refractivity contribution in [1.29, 1.82) is 0 Å². The van der Waals surface area contributed by atoms with E-state index in [1.807, 2.05) is 53.8 Å². The van der Waals surface area contributed by atoms with Crippen molar-refractivity contribution in [1.82, 2.24) is 5.32 Å². The molecule has 0 saturated carbocycles. The number of carbonyl (C=O) groups excluding carboxylic acids is 3. The maximum absolute atomic E-state index is 12.9. The molecule has 0 spiro atoms. The van der Waals surface area contributed by atoms with Crippen molar-refractivity contribution in [3.05, 3.63) is 59.7 Å². The summed E-state index contributed by atoms with van der Waals surface area (Å²) in [7, 11) is 0. The van der Waals surface area contributed by atoms with E-state index in [0.29, 0.717) is 0 Å². The Labute approximate surface area is 149 Å². The summed E-state index contributed by atoms with van der Waals surface area (Å²) in [6.07, 6.45) is -1.61. The number of rotatable bonds is 6.